The van der Waals surface area contributed by atoms with Gasteiger partial charge < -0.3 is 14.8 Å². The number of aromatic nitrogens is 3. The molecule has 1 aromatic carbocycles. The van der Waals surface area contributed by atoms with Gasteiger partial charge in [-0.05, 0) is 49.4 Å². The van der Waals surface area contributed by atoms with Gasteiger partial charge in [0.05, 0.1) is 31.6 Å². The summed E-state index contributed by atoms with van der Waals surface area (Å²) < 4.78 is 10.6. The van der Waals surface area contributed by atoms with Crippen LogP contribution < -0.4 is 14.8 Å². The van der Waals surface area contributed by atoms with Crippen molar-refractivity contribution >= 4 is 5.91 Å². The standard InChI is InChI=1S/C20H20N4O3/c1-3-27-20-17(5-4-10-21-20)19(25)22-12-15-11-18(24-13-23-15)14-6-8-16(26-2)9-7-14/h4-11,13H,3,12H2,1-2H3,(H,22,25). The van der Waals surface area contributed by atoms with Gasteiger partial charge in [-0.1, -0.05) is 0 Å². The zero-order valence-electron chi connectivity index (χ0n) is 15.2. The van der Waals surface area contributed by atoms with E-state index in [9.17, 15) is 4.79 Å². The third kappa shape index (κ3) is 4.58. The van der Waals surface area contributed by atoms with Gasteiger partial charge in [0, 0.05) is 11.8 Å². The number of nitrogens with zero attached hydrogens (tertiary/aromatic N) is 3. The van der Waals surface area contributed by atoms with Crippen LogP contribution in [0.5, 0.6) is 11.6 Å². The summed E-state index contributed by atoms with van der Waals surface area (Å²) in [6, 6.07) is 12.8. The molecule has 0 aliphatic carbocycles. The number of carbonyl (C=O) groups is 1. The van der Waals surface area contributed by atoms with E-state index in [0.29, 0.717) is 23.7 Å². The Morgan fingerprint density at radius 2 is 1.93 bits per heavy atom. The van der Waals surface area contributed by atoms with Gasteiger partial charge in [-0.15, -0.1) is 0 Å². The van der Waals surface area contributed by atoms with Crippen molar-refractivity contribution in [2.45, 2.75) is 13.5 Å². The fraction of sp³-hybridized carbons (Fsp3) is 0.200. The smallest absolute Gasteiger partial charge is 0.257 e. The summed E-state index contributed by atoms with van der Waals surface area (Å²) in [4.78, 5) is 25.1. The second kappa shape index (κ2) is 8.75. The molecule has 0 spiro atoms. The molecule has 3 rings (SSSR count). The van der Waals surface area contributed by atoms with Gasteiger partial charge in [-0.2, -0.15) is 0 Å². The molecule has 0 aliphatic rings. The Hall–Kier alpha value is -3.48. The molecule has 3 aromatic rings. The van der Waals surface area contributed by atoms with Crippen molar-refractivity contribution in [3.63, 3.8) is 0 Å². The quantitative estimate of drug-likeness (QED) is 0.694. The Labute approximate surface area is 157 Å². The minimum Gasteiger partial charge on any atom is -0.497 e. The van der Waals surface area contributed by atoms with Crippen molar-refractivity contribution in [1.29, 1.82) is 0 Å². The average molecular weight is 364 g/mol. The van der Waals surface area contributed by atoms with Crippen LogP contribution in [0.15, 0.2) is 55.0 Å². The molecular weight excluding hydrogens is 344 g/mol. The third-order valence-corrected chi connectivity index (χ3v) is 3.84. The second-order valence-corrected chi connectivity index (χ2v) is 5.59. The molecule has 0 saturated heterocycles. The van der Waals surface area contributed by atoms with Crippen LogP contribution in [0.25, 0.3) is 11.3 Å². The maximum Gasteiger partial charge on any atom is 0.257 e. The van der Waals surface area contributed by atoms with E-state index < -0.39 is 0 Å². The van der Waals surface area contributed by atoms with Crippen LogP contribution in [0.1, 0.15) is 23.0 Å². The first-order valence-corrected chi connectivity index (χ1v) is 8.52. The predicted molar refractivity (Wildman–Crippen MR) is 101 cm³/mol. The molecule has 2 heterocycles. The van der Waals surface area contributed by atoms with E-state index >= 15 is 0 Å². The lowest BCUT2D eigenvalue weighted by Crippen LogP contribution is -2.24. The van der Waals surface area contributed by atoms with Gasteiger partial charge >= 0.3 is 0 Å². The molecular formula is C20H20N4O3. The lowest BCUT2D eigenvalue weighted by molar-refractivity contribution is 0.0945. The van der Waals surface area contributed by atoms with Crippen LogP contribution in [-0.2, 0) is 6.54 Å². The van der Waals surface area contributed by atoms with Crippen molar-refractivity contribution in [3.8, 4) is 22.9 Å². The number of ether oxygens (including phenoxy) is 2. The van der Waals surface area contributed by atoms with Crippen LogP contribution in [0, 0.1) is 0 Å². The number of pyridine rings is 1. The number of rotatable bonds is 7. The van der Waals surface area contributed by atoms with Gasteiger partial charge in [-0.25, -0.2) is 15.0 Å². The number of methoxy groups -OCH3 is 1. The minimum atomic E-state index is -0.267. The highest BCUT2D eigenvalue weighted by atomic mass is 16.5. The highest BCUT2D eigenvalue weighted by Crippen LogP contribution is 2.20. The van der Waals surface area contributed by atoms with Crippen molar-refractivity contribution in [1.82, 2.24) is 20.3 Å². The van der Waals surface area contributed by atoms with Crippen molar-refractivity contribution in [3.05, 3.63) is 66.2 Å². The zero-order chi connectivity index (χ0) is 19.1. The molecule has 7 heteroatoms. The van der Waals surface area contributed by atoms with Crippen molar-refractivity contribution in [2.24, 2.45) is 0 Å². The zero-order valence-corrected chi connectivity index (χ0v) is 15.2. The van der Waals surface area contributed by atoms with Crippen molar-refractivity contribution in [2.75, 3.05) is 13.7 Å². The van der Waals surface area contributed by atoms with Gasteiger partial charge in [0.1, 0.15) is 17.6 Å². The number of carbonyl (C=O) groups excluding carboxylic acids is 1. The maximum atomic E-state index is 12.5. The lowest BCUT2D eigenvalue weighted by Gasteiger charge is -2.09. The predicted octanol–water partition coefficient (Wildman–Crippen LogP) is 2.88. The Kier molecular flexibility index (Phi) is 5.94. The number of amides is 1. The molecule has 0 aliphatic heterocycles. The molecule has 0 unspecified atom stereocenters. The van der Waals surface area contributed by atoms with E-state index in [-0.39, 0.29) is 12.5 Å². The van der Waals surface area contributed by atoms with Gasteiger partial charge in [0.15, 0.2) is 0 Å². The Bertz CT molecular complexity index is 913. The van der Waals surface area contributed by atoms with E-state index in [1.807, 2.05) is 37.3 Å². The molecule has 138 valence electrons. The molecule has 0 bridgehead atoms. The first-order valence-electron chi connectivity index (χ1n) is 8.52. The SMILES string of the molecule is CCOc1ncccc1C(=O)NCc1cc(-c2ccc(OC)cc2)ncn1. The van der Waals surface area contributed by atoms with Gasteiger partial charge in [0.25, 0.3) is 5.91 Å². The highest BCUT2D eigenvalue weighted by Gasteiger charge is 2.13. The topological polar surface area (TPSA) is 86.2 Å². The normalized spacial score (nSPS) is 10.3. The molecule has 1 amide bonds. The molecule has 0 fully saturated rings. The fourth-order valence-corrected chi connectivity index (χ4v) is 2.50. The van der Waals surface area contributed by atoms with Crippen LogP contribution in [0.4, 0.5) is 0 Å². The van der Waals surface area contributed by atoms with Crippen LogP contribution >= 0.6 is 0 Å². The van der Waals surface area contributed by atoms with E-state index in [0.717, 1.165) is 17.0 Å². The Morgan fingerprint density at radius 3 is 2.67 bits per heavy atom. The molecule has 2 aromatic heterocycles. The third-order valence-electron chi connectivity index (χ3n) is 3.84. The lowest BCUT2D eigenvalue weighted by atomic mass is 10.1. The highest BCUT2D eigenvalue weighted by molar-refractivity contribution is 5.96. The summed E-state index contributed by atoms with van der Waals surface area (Å²) >= 11 is 0. The molecule has 1 N–H and O–H groups in total. The number of hydrogen-bond acceptors (Lipinski definition) is 6. The molecule has 0 saturated carbocycles. The number of nitrogens with one attached hydrogen (secondary N) is 1. The first kappa shape index (κ1) is 18.3. The van der Waals surface area contributed by atoms with E-state index in [1.165, 1.54) is 6.33 Å². The Morgan fingerprint density at radius 1 is 1.11 bits per heavy atom. The van der Waals surface area contributed by atoms with E-state index in [2.05, 4.69) is 20.3 Å². The average Bonchev–Trinajstić information content (AvgIpc) is 2.73. The van der Waals surface area contributed by atoms with Crippen molar-refractivity contribution < 1.29 is 14.3 Å². The van der Waals surface area contributed by atoms with E-state index in [1.54, 1.807) is 25.4 Å². The molecule has 27 heavy (non-hydrogen) atoms. The summed E-state index contributed by atoms with van der Waals surface area (Å²) in [5.41, 5.74) is 2.81. The Balaban J connectivity index is 1.70. The minimum absolute atomic E-state index is 0.267. The van der Waals surface area contributed by atoms with Gasteiger partial charge in [-0.3, -0.25) is 4.79 Å². The second-order valence-electron chi connectivity index (χ2n) is 5.59. The first-order chi connectivity index (χ1) is 13.2. The summed E-state index contributed by atoms with van der Waals surface area (Å²) in [5.74, 6) is 0.831. The van der Waals surface area contributed by atoms with Gasteiger partial charge in [0.2, 0.25) is 5.88 Å². The fourth-order valence-electron chi connectivity index (χ4n) is 2.50. The molecule has 0 atom stereocenters. The summed E-state index contributed by atoms with van der Waals surface area (Å²) in [5, 5.41) is 2.84. The van der Waals surface area contributed by atoms with Crippen LogP contribution in [-0.4, -0.2) is 34.6 Å². The summed E-state index contributed by atoms with van der Waals surface area (Å²) in [6.45, 7) is 2.55. The number of benzene rings is 1. The van der Waals surface area contributed by atoms with E-state index in [4.69, 9.17) is 9.47 Å². The largest absolute Gasteiger partial charge is 0.497 e. The maximum absolute atomic E-state index is 12.5. The number of hydrogen-bond donors (Lipinski definition) is 1. The monoisotopic (exact) mass is 364 g/mol. The summed E-state index contributed by atoms with van der Waals surface area (Å²) in [7, 11) is 1.62. The van der Waals surface area contributed by atoms with Crippen LogP contribution in [0.3, 0.4) is 0 Å². The summed E-state index contributed by atoms with van der Waals surface area (Å²) in [6.07, 6.45) is 3.07. The molecule has 7 nitrogen and oxygen atoms in total. The molecule has 0 radical (unpaired) electrons. The van der Waals surface area contributed by atoms with Crippen LogP contribution in [0.2, 0.25) is 0 Å².